The minimum atomic E-state index is -0.983. The van der Waals surface area contributed by atoms with Crippen molar-refractivity contribution in [1.29, 1.82) is 0 Å². The molecule has 1 fully saturated rings. The van der Waals surface area contributed by atoms with Gasteiger partial charge in [0, 0.05) is 5.57 Å². The minimum Gasteiger partial charge on any atom is -0.394 e. The number of allylic oxidation sites excluding steroid dienone is 6. The minimum absolute atomic E-state index is 0.249. The molecule has 1 saturated carbocycles. The predicted octanol–water partition coefficient (Wildman–Crippen LogP) is 0.353. The maximum atomic E-state index is 12.1. The van der Waals surface area contributed by atoms with Crippen molar-refractivity contribution in [1.82, 2.24) is 5.32 Å². The number of fused-ring (bicyclic) bond motifs is 2. The van der Waals surface area contributed by atoms with Gasteiger partial charge in [-0.05, 0) is 47.8 Å². The SMILES string of the molecule is CC(CO)(CO)NC(=O)C1=C2C=C3CC3=C2C=C1. The van der Waals surface area contributed by atoms with E-state index in [0.29, 0.717) is 5.57 Å². The van der Waals surface area contributed by atoms with Gasteiger partial charge in [-0.1, -0.05) is 6.08 Å². The van der Waals surface area contributed by atoms with E-state index in [1.807, 2.05) is 6.08 Å². The molecule has 0 heterocycles. The molecule has 0 atom stereocenters. The van der Waals surface area contributed by atoms with Gasteiger partial charge in [0.05, 0.1) is 18.8 Å². The van der Waals surface area contributed by atoms with Crippen LogP contribution in [0.2, 0.25) is 0 Å². The Morgan fingerprint density at radius 1 is 1.33 bits per heavy atom. The molecule has 0 aliphatic heterocycles. The van der Waals surface area contributed by atoms with Crippen molar-refractivity contribution in [2.24, 2.45) is 0 Å². The summed E-state index contributed by atoms with van der Waals surface area (Å²) in [6.07, 6.45) is 6.86. The maximum Gasteiger partial charge on any atom is 0.252 e. The van der Waals surface area contributed by atoms with Gasteiger partial charge in [-0.25, -0.2) is 0 Å². The van der Waals surface area contributed by atoms with Gasteiger partial charge < -0.3 is 15.5 Å². The Morgan fingerprint density at radius 2 is 2.06 bits per heavy atom. The molecule has 3 N–H and O–H groups in total. The molecule has 3 rings (SSSR count). The first-order valence-electron chi connectivity index (χ1n) is 5.99. The third-order valence-corrected chi connectivity index (χ3v) is 3.63. The maximum absolute atomic E-state index is 12.1. The lowest BCUT2D eigenvalue weighted by molar-refractivity contribution is -0.120. The zero-order valence-electron chi connectivity index (χ0n) is 10.2. The largest absolute Gasteiger partial charge is 0.394 e. The van der Waals surface area contributed by atoms with Crippen LogP contribution >= 0.6 is 0 Å². The van der Waals surface area contributed by atoms with Crippen LogP contribution in [0.25, 0.3) is 0 Å². The summed E-state index contributed by atoms with van der Waals surface area (Å²) in [7, 11) is 0. The van der Waals surface area contributed by atoms with Crippen LogP contribution in [0.4, 0.5) is 0 Å². The number of aliphatic hydroxyl groups excluding tert-OH is 2. The fraction of sp³-hybridized carbons (Fsp3) is 0.357. The summed E-state index contributed by atoms with van der Waals surface area (Å²) in [5, 5.41) is 21.0. The van der Waals surface area contributed by atoms with Crippen LogP contribution in [0.15, 0.2) is 46.1 Å². The first-order chi connectivity index (χ1) is 8.58. The average molecular weight is 245 g/mol. The predicted molar refractivity (Wildman–Crippen MR) is 66.6 cm³/mol. The number of aliphatic hydroxyl groups is 2. The lowest BCUT2D eigenvalue weighted by atomic mass is 10.0. The standard InChI is InChI=1S/C14H15NO3/c1-14(6-16,7-17)15-13(18)10-3-2-9-11-4-8(11)5-12(9)10/h2-3,5,16-17H,4,6-7H2,1H3,(H,15,18). The molecule has 0 saturated heterocycles. The third-order valence-electron chi connectivity index (χ3n) is 3.63. The highest BCUT2D eigenvalue weighted by Gasteiger charge is 2.36. The Labute approximate surface area is 105 Å². The van der Waals surface area contributed by atoms with Crippen LogP contribution in [-0.4, -0.2) is 34.9 Å². The Morgan fingerprint density at radius 3 is 2.72 bits per heavy atom. The molecule has 0 aromatic heterocycles. The molecule has 0 aromatic rings. The molecule has 3 aliphatic rings. The molecule has 0 radical (unpaired) electrons. The van der Waals surface area contributed by atoms with Crippen molar-refractivity contribution < 1.29 is 15.0 Å². The molecule has 0 aromatic carbocycles. The Bertz CT molecular complexity index is 560. The third kappa shape index (κ3) is 1.57. The van der Waals surface area contributed by atoms with Gasteiger partial charge in [-0.3, -0.25) is 4.79 Å². The van der Waals surface area contributed by atoms with Crippen LogP contribution in [0.3, 0.4) is 0 Å². The highest BCUT2D eigenvalue weighted by atomic mass is 16.3. The summed E-state index contributed by atoms with van der Waals surface area (Å²) in [5.41, 5.74) is 4.43. The van der Waals surface area contributed by atoms with Gasteiger partial charge in [0.25, 0.3) is 5.91 Å². The molecule has 1 amide bonds. The highest BCUT2D eigenvalue weighted by molar-refractivity contribution is 6.02. The van der Waals surface area contributed by atoms with Gasteiger partial charge in [0.1, 0.15) is 0 Å². The van der Waals surface area contributed by atoms with Gasteiger partial charge >= 0.3 is 0 Å². The van der Waals surface area contributed by atoms with Crippen LogP contribution in [0.5, 0.6) is 0 Å². The normalized spacial score (nSPS) is 20.1. The zero-order chi connectivity index (χ0) is 12.9. The second kappa shape index (κ2) is 3.67. The first-order valence-corrected chi connectivity index (χ1v) is 5.99. The summed E-state index contributed by atoms with van der Waals surface area (Å²) in [6.45, 7) is 1.02. The number of carbonyl (C=O) groups is 1. The van der Waals surface area contributed by atoms with E-state index in [1.165, 1.54) is 11.1 Å². The fourth-order valence-electron chi connectivity index (χ4n) is 2.31. The molecular formula is C14H15NO3. The summed E-state index contributed by atoms with van der Waals surface area (Å²) >= 11 is 0. The molecule has 0 spiro atoms. The van der Waals surface area contributed by atoms with Crippen molar-refractivity contribution in [2.75, 3.05) is 13.2 Å². The lowest BCUT2D eigenvalue weighted by Crippen LogP contribution is -2.52. The van der Waals surface area contributed by atoms with Crippen molar-refractivity contribution in [3.05, 3.63) is 46.1 Å². The average Bonchev–Trinajstić information content (AvgIpc) is 2.85. The molecule has 4 nitrogen and oxygen atoms in total. The molecule has 4 heteroatoms. The van der Waals surface area contributed by atoms with E-state index >= 15 is 0 Å². The highest BCUT2D eigenvalue weighted by Crippen LogP contribution is 2.51. The zero-order valence-corrected chi connectivity index (χ0v) is 10.2. The van der Waals surface area contributed by atoms with Crippen molar-refractivity contribution in [2.45, 2.75) is 18.9 Å². The summed E-state index contributed by atoms with van der Waals surface area (Å²) in [4.78, 5) is 12.1. The summed E-state index contributed by atoms with van der Waals surface area (Å²) in [6, 6.07) is 0. The first kappa shape index (κ1) is 11.4. The lowest BCUT2D eigenvalue weighted by Gasteiger charge is -2.26. The van der Waals surface area contributed by atoms with Crippen LogP contribution in [0.1, 0.15) is 13.3 Å². The van der Waals surface area contributed by atoms with E-state index < -0.39 is 5.54 Å². The Balaban J connectivity index is 1.84. The molecule has 94 valence electrons. The Kier molecular flexibility index (Phi) is 2.33. The van der Waals surface area contributed by atoms with Gasteiger partial charge in [-0.2, -0.15) is 0 Å². The monoisotopic (exact) mass is 245 g/mol. The van der Waals surface area contributed by atoms with E-state index in [0.717, 1.165) is 17.6 Å². The summed E-state index contributed by atoms with van der Waals surface area (Å²) < 4.78 is 0. The van der Waals surface area contributed by atoms with E-state index in [4.69, 9.17) is 0 Å². The molecule has 0 unspecified atom stereocenters. The smallest absolute Gasteiger partial charge is 0.252 e. The second-order valence-electron chi connectivity index (χ2n) is 5.23. The van der Waals surface area contributed by atoms with Crippen LogP contribution in [-0.2, 0) is 4.79 Å². The fourth-order valence-corrected chi connectivity index (χ4v) is 2.31. The Hall–Kier alpha value is -1.65. The van der Waals surface area contributed by atoms with Crippen molar-refractivity contribution >= 4 is 5.91 Å². The number of hydrogen-bond acceptors (Lipinski definition) is 3. The second-order valence-corrected chi connectivity index (χ2v) is 5.23. The van der Waals surface area contributed by atoms with Crippen molar-refractivity contribution in [3.8, 4) is 0 Å². The van der Waals surface area contributed by atoms with E-state index in [-0.39, 0.29) is 19.1 Å². The topological polar surface area (TPSA) is 69.6 Å². The molecular weight excluding hydrogens is 230 g/mol. The van der Waals surface area contributed by atoms with E-state index in [2.05, 4.69) is 11.4 Å². The molecule has 18 heavy (non-hydrogen) atoms. The van der Waals surface area contributed by atoms with Gasteiger partial charge in [-0.15, -0.1) is 0 Å². The number of hydrogen-bond donors (Lipinski definition) is 3. The number of carbonyl (C=O) groups excluding carboxylic acids is 1. The van der Waals surface area contributed by atoms with Crippen LogP contribution in [0, 0.1) is 0 Å². The number of amides is 1. The van der Waals surface area contributed by atoms with Crippen LogP contribution < -0.4 is 5.32 Å². The van der Waals surface area contributed by atoms with Crippen molar-refractivity contribution in [3.63, 3.8) is 0 Å². The quantitative estimate of drug-likeness (QED) is 0.669. The van der Waals surface area contributed by atoms with E-state index in [9.17, 15) is 15.0 Å². The van der Waals surface area contributed by atoms with Gasteiger partial charge in [0.15, 0.2) is 0 Å². The molecule has 3 aliphatic carbocycles. The number of rotatable bonds is 4. The molecule has 0 bridgehead atoms. The summed E-state index contributed by atoms with van der Waals surface area (Å²) in [5.74, 6) is -0.249. The number of nitrogens with one attached hydrogen (secondary N) is 1. The van der Waals surface area contributed by atoms with E-state index in [1.54, 1.807) is 13.0 Å². The van der Waals surface area contributed by atoms with Gasteiger partial charge in [0.2, 0.25) is 0 Å².